The molecule has 0 spiro atoms. The lowest BCUT2D eigenvalue weighted by molar-refractivity contribution is 0.318. The van der Waals surface area contributed by atoms with E-state index in [1.807, 2.05) is 6.92 Å². The molecule has 0 aliphatic heterocycles. The van der Waals surface area contributed by atoms with Crippen LogP contribution in [0.1, 0.15) is 27.2 Å². The van der Waals surface area contributed by atoms with Crippen LogP contribution in [-0.2, 0) is 0 Å². The summed E-state index contributed by atoms with van der Waals surface area (Å²) < 4.78 is 0. The van der Waals surface area contributed by atoms with E-state index in [1.54, 1.807) is 0 Å². The molecule has 10 heavy (non-hydrogen) atoms. The zero-order valence-electron chi connectivity index (χ0n) is 6.83. The zero-order valence-corrected chi connectivity index (χ0v) is 6.83. The molecule has 3 nitrogen and oxygen atoms in total. The van der Waals surface area contributed by atoms with Crippen LogP contribution in [0.4, 0.5) is 0 Å². The largest absolute Gasteiger partial charge is 0.411 e. The van der Waals surface area contributed by atoms with E-state index in [-0.39, 0.29) is 6.04 Å². The van der Waals surface area contributed by atoms with E-state index in [2.05, 4.69) is 24.3 Å². The highest BCUT2D eigenvalue weighted by atomic mass is 16.4. The first-order valence-corrected chi connectivity index (χ1v) is 3.64. The SMILES string of the molecule is CCC(C)NC(C)/C=N/O. The standard InChI is InChI=1S/C7H16N2O/c1-4-6(2)9-7(3)5-8-10/h5-7,9-10H,4H2,1-3H3/b8-5+. The molecule has 0 saturated heterocycles. The molecule has 0 rings (SSSR count). The smallest absolute Gasteiger partial charge is 0.0602 e. The van der Waals surface area contributed by atoms with Gasteiger partial charge in [0.2, 0.25) is 0 Å². The van der Waals surface area contributed by atoms with E-state index in [1.165, 1.54) is 6.21 Å². The van der Waals surface area contributed by atoms with Gasteiger partial charge in [0.15, 0.2) is 0 Å². The third-order valence-electron chi connectivity index (χ3n) is 1.45. The quantitative estimate of drug-likeness (QED) is 0.354. The fourth-order valence-corrected chi connectivity index (χ4v) is 0.710. The predicted octanol–water partition coefficient (Wildman–Crippen LogP) is 1.22. The molecule has 0 bridgehead atoms. The van der Waals surface area contributed by atoms with Crippen LogP contribution in [0, 0.1) is 0 Å². The molecule has 0 aliphatic rings. The number of rotatable bonds is 4. The van der Waals surface area contributed by atoms with Gasteiger partial charge < -0.3 is 10.5 Å². The van der Waals surface area contributed by atoms with Crippen molar-refractivity contribution in [1.82, 2.24) is 5.32 Å². The normalized spacial score (nSPS) is 17.5. The van der Waals surface area contributed by atoms with Crippen LogP contribution in [0.3, 0.4) is 0 Å². The second-order valence-corrected chi connectivity index (χ2v) is 2.53. The van der Waals surface area contributed by atoms with Gasteiger partial charge in [-0.25, -0.2) is 0 Å². The lowest BCUT2D eigenvalue weighted by Crippen LogP contribution is -2.34. The maximum Gasteiger partial charge on any atom is 0.0602 e. The van der Waals surface area contributed by atoms with E-state index in [0.717, 1.165) is 6.42 Å². The summed E-state index contributed by atoms with van der Waals surface area (Å²) in [7, 11) is 0. The van der Waals surface area contributed by atoms with Crippen molar-refractivity contribution < 1.29 is 5.21 Å². The highest BCUT2D eigenvalue weighted by Gasteiger charge is 2.01. The Balaban J connectivity index is 3.46. The minimum absolute atomic E-state index is 0.153. The van der Waals surface area contributed by atoms with Crippen molar-refractivity contribution in [3.8, 4) is 0 Å². The van der Waals surface area contributed by atoms with Crippen molar-refractivity contribution in [3.63, 3.8) is 0 Å². The summed E-state index contributed by atoms with van der Waals surface area (Å²) in [6.07, 6.45) is 2.57. The van der Waals surface area contributed by atoms with Crippen LogP contribution < -0.4 is 5.32 Å². The molecule has 2 atom stereocenters. The Morgan fingerprint density at radius 1 is 1.60 bits per heavy atom. The predicted molar refractivity (Wildman–Crippen MR) is 42.6 cm³/mol. The third kappa shape index (κ3) is 4.32. The first-order valence-electron chi connectivity index (χ1n) is 3.64. The van der Waals surface area contributed by atoms with Crippen LogP contribution in [0.25, 0.3) is 0 Å². The topological polar surface area (TPSA) is 44.6 Å². The van der Waals surface area contributed by atoms with Crippen LogP contribution in [0.2, 0.25) is 0 Å². The fraction of sp³-hybridized carbons (Fsp3) is 0.857. The average molecular weight is 144 g/mol. The fourth-order valence-electron chi connectivity index (χ4n) is 0.710. The second kappa shape index (κ2) is 5.23. The summed E-state index contributed by atoms with van der Waals surface area (Å²) in [5, 5.41) is 14.3. The molecule has 0 amide bonds. The van der Waals surface area contributed by atoms with Gasteiger partial charge in [-0.15, -0.1) is 5.16 Å². The lowest BCUT2D eigenvalue weighted by atomic mass is 10.2. The van der Waals surface area contributed by atoms with Crippen LogP contribution in [0.5, 0.6) is 0 Å². The number of oxime groups is 1. The van der Waals surface area contributed by atoms with Gasteiger partial charge in [0.25, 0.3) is 0 Å². The number of hydrogen-bond donors (Lipinski definition) is 2. The molecule has 0 radical (unpaired) electrons. The van der Waals surface area contributed by atoms with Crippen molar-refractivity contribution in [2.75, 3.05) is 0 Å². The van der Waals surface area contributed by atoms with Crippen molar-refractivity contribution in [2.24, 2.45) is 5.16 Å². The molecule has 0 fully saturated rings. The van der Waals surface area contributed by atoms with Gasteiger partial charge in [0.05, 0.1) is 6.21 Å². The van der Waals surface area contributed by atoms with E-state index in [9.17, 15) is 0 Å². The van der Waals surface area contributed by atoms with Gasteiger partial charge in [-0.1, -0.05) is 6.92 Å². The Hall–Kier alpha value is -0.570. The Bertz CT molecular complexity index is 104. The lowest BCUT2D eigenvalue weighted by Gasteiger charge is -2.13. The van der Waals surface area contributed by atoms with Crippen molar-refractivity contribution >= 4 is 6.21 Å². The monoisotopic (exact) mass is 144 g/mol. The molecule has 0 saturated carbocycles. The van der Waals surface area contributed by atoms with E-state index in [4.69, 9.17) is 5.21 Å². The molecule has 2 unspecified atom stereocenters. The summed E-state index contributed by atoms with van der Waals surface area (Å²) in [5.41, 5.74) is 0. The zero-order chi connectivity index (χ0) is 7.98. The maximum absolute atomic E-state index is 8.15. The van der Waals surface area contributed by atoms with E-state index < -0.39 is 0 Å². The summed E-state index contributed by atoms with van der Waals surface area (Å²) in [4.78, 5) is 0. The van der Waals surface area contributed by atoms with Gasteiger partial charge in [-0.05, 0) is 20.3 Å². The van der Waals surface area contributed by atoms with Crippen molar-refractivity contribution in [3.05, 3.63) is 0 Å². The molecular weight excluding hydrogens is 128 g/mol. The molecule has 0 aliphatic carbocycles. The third-order valence-corrected chi connectivity index (χ3v) is 1.45. The van der Waals surface area contributed by atoms with E-state index >= 15 is 0 Å². The molecule has 0 aromatic heterocycles. The molecular formula is C7H16N2O. The van der Waals surface area contributed by atoms with Crippen LogP contribution in [0.15, 0.2) is 5.16 Å². The summed E-state index contributed by atoms with van der Waals surface area (Å²) >= 11 is 0. The van der Waals surface area contributed by atoms with Crippen LogP contribution in [-0.4, -0.2) is 23.5 Å². The summed E-state index contributed by atoms with van der Waals surface area (Å²) in [6, 6.07) is 0.632. The number of nitrogens with zero attached hydrogens (tertiary/aromatic N) is 1. The van der Waals surface area contributed by atoms with Gasteiger partial charge in [-0.2, -0.15) is 0 Å². The van der Waals surface area contributed by atoms with Gasteiger partial charge in [-0.3, -0.25) is 0 Å². The van der Waals surface area contributed by atoms with E-state index in [0.29, 0.717) is 6.04 Å². The molecule has 3 heteroatoms. The number of hydrogen-bond acceptors (Lipinski definition) is 3. The molecule has 0 heterocycles. The second-order valence-electron chi connectivity index (χ2n) is 2.53. The molecule has 0 aromatic carbocycles. The first kappa shape index (κ1) is 9.43. The van der Waals surface area contributed by atoms with Crippen molar-refractivity contribution in [1.29, 1.82) is 0 Å². The Morgan fingerprint density at radius 3 is 2.60 bits per heavy atom. The minimum Gasteiger partial charge on any atom is -0.411 e. The number of nitrogens with one attached hydrogen (secondary N) is 1. The minimum atomic E-state index is 0.153. The highest BCUT2D eigenvalue weighted by molar-refractivity contribution is 5.62. The van der Waals surface area contributed by atoms with Gasteiger partial charge in [0, 0.05) is 12.1 Å². The average Bonchev–Trinajstić information content (AvgIpc) is 1.88. The molecule has 2 N–H and O–H groups in total. The highest BCUT2D eigenvalue weighted by Crippen LogP contribution is 1.89. The maximum atomic E-state index is 8.15. The molecule has 0 aromatic rings. The Morgan fingerprint density at radius 2 is 2.20 bits per heavy atom. The van der Waals surface area contributed by atoms with Crippen LogP contribution >= 0.6 is 0 Å². The molecule has 60 valence electrons. The summed E-state index contributed by atoms with van der Waals surface area (Å²) in [5.74, 6) is 0. The van der Waals surface area contributed by atoms with Gasteiger partial charge >= 0.3 is 0 Å². The summed E-state index contributed by atoms with van der Waals surface area (Å²) in [6.45, 7) is 6.16. The Labute approximate surface area is 62.1 Å². The van der Waals surface area contributed by atoms with Gasteiger partial charge in [0.1, 0.15) is 0 Å². The van der Waals surface area contributed by atoms with Crippen molar-refractivity contribution in [2.45, 2.75) is 39.3 Å². The Kier molecular flexibility index (Phi) is 4.94. The first-order chi connectivity index (χ1) is 4.70.